The molecule has 224 valence electrons. The van der Waals surface area contributed by atoms with E-state index in [1.54, 1.807) is 0 Å². The molecule has 0 radical (unpaired) electrons. The van der Waals surface area contributed by atoms with Crippen molar-refractivity contribution in [3.63, 3.8) is 0 Å². The zero-order chi connectivity index (χ0) is 30.5. The zero-order valence-corrected chi connectivity index (χ0v) is 25.5. The van der Waals surface area contributed by atoms with Gasteiger partial charge in [0.15, 0.2) is 28.4 Å². The van der Waals surface area contributed by atoms with E-state index in [2.05, 4.69) is 0 Å². The van der Waals surface area contributed by atoms with Crippen molar-refractivity contribution in [2.24, 2.45) is 0 Å². The van der Waals surface area contributed by atoms with Crippen molar-refractivity contribution >= 4 is 65.3 Å². The number of ether oxygens (including phenoxy) is 4. The molecule has 5 aliphatic rings. The molecule has 0 unspecified atom stereocenters. The van der Waals surface area contributed by atoms with E-state index in [4.69, 9.17) is 18.9 Å². The number of hydrogen-bond donors (Lipinski definition) is 2. The van der Waals surface area contributed by atoms with Gasteiger partial charge in [0.1, 0.15) is 24.5 Å². The summed E-state index contributed by atoms with van der Waals surface area (Å²) in [5.74, 6) is -1.66. The fourth-order valence-electron chi connectivity index (χ4n) is 5.19. The molecule has 43 heavy (non-hydrogen) atoms. The lowest BCUT2D eigenvalue weighted by Crippen LogP contribution is -2.71. The largest absolute Gasteiger partial charge is 0.504 e. The molecule has 1 spiro atoms. The summed E-state index contributed by atoms with van der Waals surface area (Å²) in [6.45, 7) is 0. The van der Waals surface area contributed by atoms with Crippen LogP contribution in [0, 0.1) is 0 Å². The van der Waals surface area contributed by atoms with E-state index in [1.807, 2.05) is 0 Å². The van der Waals surface area contributed by atoms with Crippen LogP contribution >= 0.6 is 41.2 Å². The molecule has 0 saturated carbocycles. The summed E-state index contributed by atoms with van der Waals surface area (Å²) < 4.78 is 22.5. The van der Waals surface area contributed by atoms with Crippen molar-refractivity contribution in [1.29, 1.82) is 0 Å². The molecule has 2 N–H and O–H groups in total. The van der Waals surface area contributed by atoms with Gasteiger partial charge in [-0.05, 0) is 83.7 Å². The van der Waals surface area contributed by atoms with E-state index in [1.165, 1.54) is 109 Å². The molecular formula is C27H22N2O10S4. The second kappa shape index (κ2) is 11.6. The second-order valence-corrected chi connectivity index (χ2v) is 15.6. The molecule has 5 aliphatic heterocycles. The van der Waals surface area contributed by atoms with Crippen LogP contribution in [0.5, 0.6) is 23.0 Å². The summed E-state index contributed by atoms with van der Waals surface area (Å²) in [5, 5.41) is 20.9. The van der Waals surface area contributed by atoms with Gasteiger partial charge in [0.05, 0.1) is 25.2 Å². The number of carbonyl (C=O) groups is 4. The third-order valence-electron chi connectivity index (χ3n) is 7.25. The van der Waals surface area contributed by atoms with Crippen molar-refractivity contribution in [2.45, 2.75) is 28.5 Å². The average Bonchev–Trinajstić information content (AvgIpc) is 3.10. The molecule has 4 fully saturated rings. The normalized spacial score (nSPS) is 27.7. The van der Waals surface area contributed by atoms with Crippen molar-refractivity contribution < 1.29 is 48.3 Å². The number of phenols is 1. The number of carbonyl (C=O) groups excluding carboxylic acids is 4. The molecule has 2 aromatic rings. The Morgan fingerprint density at radius 2 is 1.93 bits per heavy atom. The number of aliphatic hydroxyl groups is 1. The van der Waals surface area contributed by atoms with Crippen LogP contribution < -0.4 is 9.47 Å². The predicted octanol–water partition coefficient (Wildman–Crippen LogP) is 3.72. The van der Waals surface area contributed by atoms with Crippen LogP contribution in [0.25, 0.3) is 0 Å². The van der Waals surface area contributed by atoms with Crippen LogP contribution in [0.3, 0.4) is 0 Å². The Balaban J connectivity index is 1.33. The van der Waals surface area contributed by atoms with Gasteiger partial charge in [-0.15, -0.1) is 0 Å². The number of aromatic hydroxyl groups is 1. The molecule has 2 aromatic carbocycles. The van der Waals surface area contributed by atoms with Crippen LogP contribution in [-0.2, 0) is 19.1 Å². The molecule has 4 saturated heterocycles. The summed E-state index contributed by atoms with van der Waals surface area (Å²) in [6.07, 6.45) is 2.02. The highest BCUT2D eigenvalue weighted by Gasteiger charge is 2.70. The van der Waals surface area contributed by atoms with E-state index in [0.717, 1.165) is 10.8 Å². The van der Waals surface area contributed by atoms with Crippen LogP contribution in [0.2, 0.25) is 0 Å². The Hall–Kier alpha value is -3.44. The molecule has 16 heteroatoms. The number of rotatable bonds is 6. The van der Waals surface area contributed by atoms with Crippen LogP contribution in [0.4, 0.5) is 0 Å². The number of esters is 1. The Kier molecular flexibility index (Phi) is 7.97. The van der Waals surface area contributed by atoms with Crippen LogP contribution in [0.1, 0.15) is 20.7 Å². The number of piperazine rings is 1. The molecule has 0 aliphatic carbocycles. The van der Waals surface area contributed by atoms with Crippen molar-refractivity contribution in [2.75, 3.05) is 14.2 Å². The number of amides is 2. The van der Waals surface area contributed by atoms with Gasteiger partial charge in [-0.2, -0.15) is 0 Å². The Morgan fingerprint density at radius 3 is 2.70 bits per heavy atom. The maximum atomic E-state index is 13.8. The summed E-state index contributed by atoms with van der Waals surface area (Å²) in [7, 11) is 7.83. The number of likely N-dealkylation sites (N-methyl/N-ethyl adjacent to an activating group) is 1. The van der Waals surface area contributed by atoms with Gasteiger partial charge < -0.3 is 39.0 Å². The first kappa shape index (κ1) is 29.6. The fourth-order valence-corrected chi connectivity index (χ4v) is 12.4. The minimum Gasteiger partial charge on any atom is -0.504 e. The minimum absolute atomic E-state index is 0.0346. The number of hydrogen-bond acceptors (Lipinski definition) is 14. The highest BCUT2D eigenvalue weighted by Crippen LogP contribution is 2.62. The first-order valence-corrected chi connectivity index (χ1v) is 17.4. The number of aliphatic hydroxyl groups excluding tert-OH is 1. The second-order valence-electron chi connectivity index (χ2n) is 9.60. The third-order valence-corrected chi connectivity index (χ3v) is 14.2. The van der Waals surface area contributed by atoms with Crippen molar-refractivity contribution in [1.82, 2.24) is 9.80 Å². The standard InChI is InChI=1S/C27H22N2O10S4/c1-28-24-23(33)29-21-15(22(32)27(29,26(28)35)41-43-42-40-24)12-37-8-7-18(21)39-25(34)14-4-6-17(36-2)20(10-14)38-19-9-13(11-30)3-5-16(19)31/h3-12,18,21-22,24,31-32H,1-2H3/t18-,21+,22+,24+,27-/m0/s1. The molecule has 5 heterocycles. The molecule has 7 rings (SSSR count). The van der Waals surface area contributed by atoms with Gasteiger partial charge in [0, 0.05) is 18.2 Å². The van der Waals surface area contributed by atoms with E-state index >= 15 is 0 Å². The molecule has 2 bridgehead atoms. The summed E-state index contributed by atoms with van der Waals surface area (Å²) in [4.78, 5) is 53.2. The highest BCUT2D eigenvalue weighted by molar-refractivity contribution is 9.26. The maximum absolute atomic E-state index is 13.8. The summed E-state index contributed by atoms with van der Waals surface area (Å²) in [5.41, 5.74) is 0.510. The van der Waals surface area contributed by atoms with E-state index in [9.17, 15) is 29.4 Å². The monoisotopic (exact) mass is 662 g/mol. The Bertz CT molecular complexity index is 1580. The van der Waals surface area contributed by atoms with E-state index in [-0.39, 0.29) is 39.7 Å². The first-order chi connectivity index (χ1) is 20.7. The number of fused-ring (bicyclic) bond motifs is 5. The van der Waals surface area contributed by atoms with Crippen LogP contribution in [-0.4, -0.2) is 86.7 Å². The van der Waals surface area contributed by atoms with Crippen molar-refractivity contribution in [3.05, 3.63) is 71.7 Å². The van der Waals surface area contributed by atoms with Crippen molar-refractivity contribution in [3.8, 4) is 23.0 Å². The minimum atomic E-state index is -1.68. The SMILES string of the molecule is COc1ccc(C(=O)O[C@H]2C=COC=C3[C@H]2N2C(=O)[C@H]4SSSS[C@]2(C(=O)N4C)[C@@H]3O)cc1Oc1cc(C=O)ccc1O. The summed E-state index contributed by atoms with van der Waals surface area (Å²) >= 11 is 0. The Labute approximate surface area is 259 Å². The zero-order valence-electron chi connectivity index (χ0n) is 22.3. The van der Waals surface area contributed by atoms with Gasteiger partial charge >= 0.3 is 5.97 Å². The van der Waals surface area contributed by atoms with Gasteiger partial charge in [-0.3, -0.25) is 14.4 Å². The maximum Gasteiger partial charge on any atom is 0.338 e. The lowest BCUT2D eigenvalue weighted by Gasteiger charge is -2.50. The highest BCUT2D eigenvalue weighted by atomic mass is 33.7. The third kappa shape index (κ3) is 4.81. The molecule has 0 aromatic heterocycles. The lowest BCUT2D eigenvalue weighted by molar-refractivity contribution is -0.162. The molecular weight excluding hydrogens is 641 g/mol. The van der Waals surface area contributed by atoms with Gasteiger partial charge in [-0.25, -0.2) is 4.79 Å². The van der Waals surface area contributed by atoms with Crippen LogP contribution in [0.15, 0.2) is 60.6 Å². The van der Waals surface area contributed by atoms with Gasteiger partial charge in [0.25, 0.3) is 11.8 Å². The van der Waals surface area contributed by atoms with Gasteiger partial charge in [0.2, 0.25) is 4.87 Å². The smallest absolute Gasteiger partial charge is 0.338 e. The predicted molar refractivity (Wildman–Crippen MR) is 160 cm³/mol. The summed E-state index contributed by atoms with van der Waals surface area (Å²) in [6, 6.07) is 7.27. The lowest BCUT2D eigenvalue weighted by atomic mass is 10.0. The van der Waals surface area contributed by atoms with E-state index < -0.39 is 46.3 Å². The molecule has 12 nitrogen and oxygen atoms in total. The number of benzene rings is 2. The molecule has 2 amide bonds. The number of nitrogens with zero attached hydrogens (tertiary/aromatic N) is 2. The quantitative estimate of drug-likeness (QED) is 0.263. The number of methoxy groups -OCH3 is 1. The average molecular weight is 663 g/mol. The topological polar surface area (TPSA) is 152 Å². The fraction of sp³-hybridized carbons (Fsp3) is 0.259. The van der Waals surface area contributed by atoms with E-state index in [0.29, 0.717) is 6.29 Å². The van der Waals surface area contributed by atoms with Gasteiger partial charge in [-0.1, -0.05) is 0 Å². The molecule has 5 atom stereocenters. The number of phenolic OH excluding ortho intramolecular Hbond substituents is 1. The number of aldehydes is 1. The first-order valence-electron chi connectivity index (χ1n) is 12.5. The Morgan fingerprint density at radius 1 is 1.12 bits per heavy atom.